The van der Waals surface area contributed by atoms with E-state index in [1.54, 1.807) is 11.3 Å². The number of aliphatic hydroxyl groups is 1. The number of benzene rings is 1. The third-order valence-electron chi connectivity index (χ3n) is 3.23. The third-order valence-corrected chi connectivity index (χ3v) is 3.93. The Kier molecular flexibility index (Phi) is 4.20. The summed E-state index contributed by atoms with van der Waals surface area (Å²) in [6.45, 7) is 2.34. The zero-order valence-electron chi connectivity index (χ0n) is 11.0. The van der Waals surface area contributed by atoms with Gasteiger partial charge in [-0.3, -0.25) is 0 Å². The Hall–Kier alpha value is -1.56. The lowest BCUT2D eigenvalue weighted by Crippen LogP contribution is -2.22. The van der Waals surface area contributed by atoms with Crippen LogP contribution in [0.4, 0.5) is 0 Å². The van der Waals surface area contributed by atoms with Gasteiger partial charge >= 0.3 is 0 Å². The first-order chi connectivity index (χ1) is 9.84. The Morgan fingerprint density at radius 2 is 2.15 bits per heavy atom. The molecular formula is C15H17NO3S. The fourth-order valence-electron chi connectivity index (χ4n) is 2.20. The Morgan fingerprint density at radius 1 is 1.25 bits per heavy atom. The van der Waals surface area contributed by atoms with E-state index in [1.165, 1.54) is 0 Å². The Morgan fingerprint density at radius 3 is 3.00 bits per heavy atom. The van der Waals surface area contributed by atoms with Crippen molar-refractivity contribution in [3.8, 4) is 11.5 Å². The molecule has 0 saturated carbocycles. The normalized spacial score (nSPS) is 15.1. The molecule has 0 aliphatic carbocycles. The van der Waals surface area contributed by atoms with Gasteiger partial charge in [-0.15, -0.1) is 0 Å². The van der Waals surface area contributed by atoms with Gasteiger partial charge in [0.05, 0.1) is 6.10 Å². The number of nitrogens with one attached hydrogen (secondary N) is 1. The number of thiophene rings is 1. The summed E-state index contributed by atoms with van der Waals surface area (Å²) in [5.41, 5.74) is 2.01. The van der Waals surface area contributed by atoms with Crippen LogP contribution in [-0.2, 0) is 6.54 Å². The summed E-state index contributed by atoms with van der Waals surface area (Å²) in [5, 5.41) is 17.2. The molecule has 0 fully saturated rings. The smallest absolute Gasteiger partial charge is 0.165 e. The maximum absolute atomic E-state index is 10.0. The molecule has 2 N–H and O–H groups in total. The standard InChI is InChI=1S/C15H17NO3S/c17-13(12-4-7-20-10-12)9-16-8-11-2-1-3-14-15(11)19-6-5-18-14/h1-4,7,10,13,16-17H,5-6,8-9H2. The summed E-state index contributed by atoms with van der Waals surface area (Å²) in [6.07, 6.45) is -0.474. The molecule has 3 rings (SSSR count). The topological polar surface area (TPSA) is 50.7 Å². The van der Waals surface area contributed by atoms with Crippen LogP contribution in [0.3, 0.4) is 0 Å². The molecule has 1 aliphatic rings. The minimum Gasteiger partial charge on any atom is -0.486 e. The van der Waals surface area contributed by atoms with Gasteiger partial charge in [-0.1, -0.05) is 12.1 Å². The predicted octanol–water partition coefficient (Wildman–Crippen LogP) is 2.34. The second-order valence-electron chi connectivity index (χ2n) is 4.64. The van der Waals surface area contributed by atoms with E-state index in [1.807, 2.05) is 35.0 Å². The van der Waals surface area contributed by atoms with Gasteiger partial charge in [0.25, 0.3) is 0 Å². The lowest BCUT2D eigenvalue weighted by Gasteiger charge is -2.21. The van der Waals surface area contributed by atoms with Crippen molar-refractivity contribution in [2.45, 2.75) is 12.6 Å². The van der Waals surface area contributed by atoms with Gasteiger partial charge in [-0.2, -0.15) is 11.3 Å². The van der Waals surface area contributed by atoms with Crippen LogP contribution in [-0.4, -0.2) is 24.9 Å². The molecule has 1 aromatic heterocycles. The molecule has 0 spiro atoms. The minimum absolute atomic E-state index is 0.474. The summed E-state index contributed by atoms with van der Waals surface area (Å²) in [7, 11) is 0. The molecule has 1 atom stereocenters. The molecule has 5 heteroatoms. The van der Waals surface area contributed by atoms with E-state index in [-0.39, 0.29) is 0 Å². The number of aliphatic hydroxyl groups excluding tert-OH is 1. The first-order valence-corrected chi connectivity index (χ1v) is 7.57. The molecule has 1 aliphatic heterocycles. The van der Waals surface area contributed by atoms with Crippen LogP contribution in [0.2, 0.25) is 0 Å². The lowest BCUT2D eigenvalue weighted by atomic mass is 10.1. The van der Waals surface area contributed by atoms with E-state index in [4.69, 9.17) is 9.47 Å². The van der Waals surface area contributed by atoms with Gasteiger partial charge in [-0.25, -0.2) is 0 Å². The van der Waals surface area contributed by atoms with Crippen molar-refractivity contribution >= 4 is 11.3 Å². The van der Waals surface area contributed by atoms with Crippen LogP contribution < -0.4 is 14.8 Å². The third kappa shape index (κ3) is 2.95. The average Bonchev–Trinajstić information content (AvgIpc) is 3.02. The largest absolute Gasteiger partial charge is 0.486 e. The second-order valence-corrected chi connectivity index (χ2v) is 5.42. The molecule has 0 saturated heterocycles. The Balaban J connectivity index is 1.59. The Labute approximate surface area is 122 Å². The van der Waals surface area contributed by atoms with Crippen LogP contribution >= 0.6 is 11.3 Å². The number of hydrogen-bond donors (Lipinski definition) is 2. The summed E-state index contributed by atoms with van der Waals surface area (Å²) in [6, 6.07) is 7.83. The van der Waals surface area contributed by atoms with Gasteiger partial charge in [-0.05, 0) is 28.5 Å². The highest BCUT2D eigenvalue weighted by atomic mass is 32.1. The van der Waals surface area contributed by atoms with Gasteiger partial charge in [0, 0.05) is 18.7 Å². The molecule has 1 unspecified atom stereocenters. The van der Waals surface area contributed by atoms with Gasteiger partial charge < -0.3 is 19.9 Å². The fourth-order valence-corrected chi connectivity index (χ4v) is 2.91. The molecule has 2 heterocycles. The van der Waals surface area contributed by atoms with E-state index >= 15 is 0 Å². The van der Waals surface area contributed by atoms with E-state index in [0.29, 0.717) is 26.3 Å². The van der Waals surface area contributed by atoms with Crippen molar-refractivity contribution in [1.29, 1.82) is 0 Å². The fraction of sp³-hybridized carbons (Fsp3) is 0.333. The van der Waals surface area contributed by atoms with Crippen molar-refractivity contribution in [3.05, 3.63) is 46.2 Å². The van der Waals surface area contributed by atoms with E-state index < -0.39 is 6.10 Å². The zero-order valence-corrected chi connectivity index (χ0v) is 11.9. The van der Waals surface area contributed by atoms with Crippen LogP contribution in [0.1, 0.15) is 17.2 Å². The monoisotopic (exact) mass is 291 g/mol. The second kappa shape index (κ2) is 6.26. The van der Waals surface area contributed by atoms with Crippen molar-refractivity contribution in [2.24, 2.45) is 0 Å². The molecule has 1 aromatic carbocycles. The van der Waals surface area contributed by atoms with Crippen molar-refractivity contribution < 1.29 is 14.6 Å². The van der Waals surface area contributed by atoms with Gasteiger partial charge in [0.2, 0.25) is 0 Å². The van der Waals surface area contributed by atoms with Crippen molar-refractivity contribution in [2.75, 3.05) is 19.8 Å². The number of para-hydroxylation sites is 1. The van der Waals surface area contributed by atoms with Crippen LogP contribution in [0.15, 0.2) is 35.0 Å². The summed E-state index contributed by atoms with van der Waals surface area (Å²) < 4.78 is 11.2. The molecule has 0 radical (unpaired) electrons. The van der Waals surface area contributed by atoms with Crippen LogP contribution in [0.5, 0.6) is 11.5 Å². The summed E-state index contributed by atoms with van der Waals surface area (Å²) in [4.78, 5) is 0. The van der Waals surface area contributed by atoms with Crippen molar-refractivity contribution in [3.63, 3.8) is 0 Å². The van der Waals surface area contributed by atoms with Gasteiger partial charge in [0.15, 0.2) is 11.5 Å². The maximum atomic E-state index is 10.0. The minimum atomic E-state index is -0.474. The average molecular weight is 291 g/mol. The number of rotatable bonds is 5. The maximum Gasteiger partial charge on any atom is 0.165 e. The predicted molar refractivity (Wildman–Crippen MR) is 78.4 cm³/mol. The number of hydrogen-bond acceptors (Lipinski definition) is 5. The zero-order chi connectivity index (χ0) is 13.8. The van der Waals surface area contributed by atoms with E-state index in [0.717, 1.165) is 22.6 Å². The van der Waals surface area contributed by atoms with Crippen LogP contribution in [0, 0.1) is 0 Å². The lowest BCUT2D eigenvalue weighted by molar-refractivity contribution is 0.166. The molecule has 4 nitrogen and oxygen atoms in total. The Bertz CT molecular complexity index is 556. The quantitative estimate of drug-likeness (QED) is 0.888. The van der Waals surface area contributed by atoms with Crippen molar-refractivity contribution in [1.82, 2.24) is 5.32 Å². The molecule has 0 amide bonds. The first-order valence-electron chi connectivity index (χ1n) is 6.63. The highest BCUT2D eigenvalue weighted by Crippen LogP contribution is 2.33. The molecule has 2 aromatic rings. The molecule has 0 bridgehead atoms. The molecular weight excluding hydrogens is 274 g/mol. The number of fused-ring (bicyclic) bond motifs is 1. The molecule has 106 valence electrons. The summed E-state index contributed by atoms with van der Waals surface area (Å²) in [5.74, 6) is 1.62. The highest BCUT2D eigenvalue weighted by Gasteiger charge is 2.15. The number of ether oxygens (including phenoxy) is 2. The van der Waals surface area contributed by atoms with E-state index in [9.17, 15) is 5.11 Å². The SMILES string of the molecule is OC(CNCc1cccc2c1OCCO2)c1ccsc1. The highest BCUT2D eigenvalue weighted by molar-refractivity contribution is 7.07. The van der Waals surface area contributed by atoms with E-state index in [2.05, 4.69) is 5.32 Å². The van der Waals surface area contributed by atoms with Gasteiger partial charge in [0.1, 0.15) is 13.2 Å². The van der Waals surface area contributed by atoms with Crippen LogP contribution in [0.25, 0.3) is 0 Å². The summed E-state index contributed by atoms with van der Waals surface area (Å²) >= 11 is 1.59. The first kappa shape index (κ1) is 13.4. The molecule has 20 heavy (non-hydrogen) atoms.